The molecule has 145 valence electrons. The third-order valence-electron chi connectivity index (χ3n) is 5.86. The molecule has 0 atom stereocenters. The largest absolute Gasteiger partial charge is 0.497 e. The first kappa shape index (κ1) is 18.7. The van der Waals surface area contributed by atoms with Gasteiger partial charge in [-0.05, 0) is 73.3 Å². The van der Waals surface area contributed by atoms with Crippen molar-refractivity contribution in [3.05, 3.63) is 77.4 Å². The molecule has 3 aromatic rings. The summed E-state index contributed by atoms with van der Waals surface area (Å²) in [6.45, 7) is 0. The Kier molecular flexibility index (Phi) is 6.05. The predicted octanol–water partition coefficient (Wildman–Crippen LogP) is 5.38. The molecule has 4 rings (SSSR count). The molecule has 0 unspecified atom stereocenters. The van der Waals surface area contributed by atoms with Crippen LogP contribution in [0.25, 0.3) is 0 Å². The first-order valence-electron chi connectivity index (χ1n) is 10.2. The highest BCUT2D eigenvalue weighted by Crippen LogP contribution is 2.37. The minimum atomic E-state index is 0.688. The molecule has 1 aliphatic carbocycles. The SMILES string of the molecule is COc1ccc(Cc2noc(CCC3CCC(c4cc[c]cc4)CC3)n2)cc1. The quantitative estimate of drug-likeness (QED) is 0.556. The van der Waals surface area contributed by atoms with Gasteiger partial charge in [-0.25, -0.2) is 0 Å². The fourth-order valence-corrected chi connectivity index (χ4v) is 4.17. The normalized spacial score (nSPS) is 19.5. The van der Waals surface area contributed by atoms with Crippen LogP contribution in [0.5, 0.6) is 5.75 Å². The Hall–Kier alpha value is -2.62. The smallest absolute Gasteiger partial charge is 0.226 e. The zero-order valence-electron chi connectivity index (χ0n) is 16.4. The van der Waals surface area contributed by atoms with Gasteiger partial charge >= 0.3 is 0 Å². The molecule has 1 aromatic heterocycles. The average Bonchev–Trinajstić information content (AvgIpc) is 3.21. The van der Waals surface area contributed by atoms with E-state index in [1.54, 1.807) is 7.11 Å². The molecule has 1 radical (unpaired) electrons. The number of nitrogens with zero attached hydrogens (tertiary/aromatic N) is 2. The fraction of sp³-hybridized carbons (Fsp3) is 0.417. The van der Waals surface area contributed by atoms with Gasteiger partial charge in [0, 0.05) is 12.8 Å². The van der Waals surface area contributed by atoms with Crippen LogP contribution >= 0.6 is 0 Å². The molecule has 28 heavy (non-hydrogen) atoms. The van der Waals surface area contributed by atoms with Crippen LogP contribution in [-0.2, 0) is 12.8 Å². The van der Waals surface area contributed by atoms with Crippen molar-refractivity contribution >= 4 is 0 Å². The Morgan fingerprint density at radius 1 is 1.04 bits per heavy atom. The summed E-state index contributed by atoms with van der Waals surface area (Å²) in [6.07, 6.45) is 7.84. The number of aromatic nitrogens is 2. The summed E-state index contributed by atoms with van der Waals surface area (Å²) in [5.74, 6) is 3.86. The molecular weight excluding hydrogens is 348 g/mol. The van der Waals surface area contributed by atoms with Crippen molar-refractivity contribution in [3.8, 4) is 5.75 Å². The van der Waals surface area contributed by atoms with Crippen molar-refractivity contribution in [2.45, 2.75) is 50.9 Å². The van der Waals surface area contributed by atoms with Crippen LogP contribution in [0.3, 0.4) is 0 Å². The molecule has 1 saturated carbocycles. The Balaban J connectivity index is 1.23. The number of aryl methyl sites for hydroxylation is 1. The van der Waals surface area contributed by atoms with Crippen molar-refractivity contribution in [2.75, 3.05) is 7.11 Å². The van der Waals surface area contributed by atoms with Crippen molar-refractivity contribution in [2.24, 2.45) is 5.92 Å². The summed E-state index contributed by atoms with van der Waals surface area (Å²) in [5.41, 5.74) is 2.63. The van der Waals surface area contributed by atoms with E-state index >= 15 is 0 Å². The Morgan fingerprint density at radius 2 is 1.79 bits per heavy atom. The van der Waals surface area contributed by atoms with Gasteiger partial charge in [0.15, 0.2) is 5.82 Å². The maximum atomic E-state index is 5.47. The van der Waals surface area contributed by atoms with Gasteiger partial charge in [-0.2, -0.15) is 4.98 Å². The van der Waals surface area contributed by atoms with Crippen molar-refractivity contribution in [1.29, 1.82) is 0 Å². The molecule has 0 spiro atoms. The van der Waals surface area contributed by atoms with Crippen LogP contribution in [0.4, 0.5) is 0 Å². The topological polar surface area (TPSA) is 48.2 Å². The average molecular weight is 375 g/mol. The first-order valence-corrected chi connectivity index (χ1v) is 10.2. The van der Waals surface area contributed by atoms with Gasteiger partial charge in [0.1, 0.15) is 5.75 Å². The van der Waals surface area contributed by atoms with E-state index in [-0.39, 0.29) is 0 Å². The summed E-state index contributed by atoms with van der Waals surface area (Å²) in [4.78, 5) is 4.58. The lowest BCUT2D eigenvalue weighted by Gasteiger charge is -2.28. The van der Waals surface area contributed by atoms with Crippen LogP contribution < -0.4 is 4.74 Å². The van der Waals surface area contributed by atoms with E-state index in [9.17, 15) is 0 Å². The second-order valence-corrected chi connectivity index (χ2v) is 7.72. The molecule has 1 fully saturated rings. The number of rotatable bonds is 7. The lowest BCUT2D eigenvalue weighted by Crippen LogP contribution is -2.14. The van der Waals surface area contributed by atoms with Gasteiger partial charge in [0.25, 0.3) is 0 Å². The molecule has 0 saturated heterocycles. The number of ether oxygens (including phenoxy) is 1. The highest BCUT2D eigenvalue weighted by Gasteiger charge is 2.22. The highest BCUT2D eigenvalue weighted by atomic mass is 16.5. The molecule has 0 bridgehead atoms. The van der Waals surface area contributed by atoms with Gasteiger partial charge in [0.2, 0.25) is 5.89 Å². The van der Waals surface area contributed by atoms with Crippen molar-refractivity contribution in [3.63, 3.8) is 0 Å². The van der Waals surface area contributed by atoms with Crippen molar-refractivity contribution < 1.29 is 9.26 Å². The summed E-state index contributed by atoms with van der Waals surface area (Å²) >= 11 is 0. The molecule has 4 heteroatoms. The Morgan fingerprint density at radius 3 is 2.50 bits per heavy atom. The van der Waals surface area contributed by atoms with Gasteiger partial charge in [-0.1, -0.05) is 41.6 Å². The molecule has 2 aromatic carbocycles. The maximum absolute atomic E-state index is 5.47. The van der Waals surface area contributed by atoms with E-state index in [4.69, 9.17) is 9.26 Å². The molecule has 4 nitrogen and oxygen atoms in total. The molecule has 1 aliphatic rings. The van der Waals surface area contributed by atoms with Gasteiger partial charge < -0.3 is 9.26 Å². The Bertz CT molecular complexity index is 850. The zero-order chi connectivity index (χ0) is 19.2. The third kappa shape index (κ3) is 4.80. The van der Waals surface area contributed by atoms with Gasteiger partial charge in [0.05, 0.1) is 7.11 Å². The zero-order valence-corrected chi connectivity index (χ0v) is 16.4. The lowest BCUT2D eigenvalue weighted by atomic mass is 9.77. The Labute approximate surface area is 166 Å². The summed E-state index contributed by atoms with van der Waals surface area (Å²) < 4.78 is 10.7. The highest BCUT2D eigenvalue weighted by molar-refractivity contribution is 5.28. The summed E-state index contributed by atoms with van der Waals surface area (Å²) in [7, 11) is 1.67. The van der Waals surface area contributed by atoms with Crippen LogP contribution in [0.2, 0.25) is 0 Å². The predicted molar refractivity (Wildman–Crippen MR) is 108 cm³/mol. The number of hydrogen-bond acceptors (Lipinski definition) is 4. The van der Waals surface area contributed by atoms with Gasteiger partial charge in [-0.3, -0.25) is 0 Å². The van der Waals surface area contributed by atoms with E-state index in [0.29, 0.717) is 12.3 Å². The molecule has 0 N–H and O–H groups in total. The molecule has 1 heterocycles. The van der Waals surface area contributed by atoms with Crippen molar-refractivity contribution in [1.82, 2.24) is 10.1 Å². The summed E-state index contributed by atoms with van der Waals surface area (Å²) in [5, 5.41) is 4.15. The van der Waals surface area contributed by atoms with E-state index in [1.807, 2.05) is 36.4 Å². The van der Waals surface area contributed by atoms with E-state index in [0.717, 1.165) is 41.8 Å². The second-order valence-electron chi connectivity index (χ2n) is 7.72. The second kappa shape index (κ2) is 9.05. The molecule has 0 amide bonds. The maximum Gasteiger partial charge on any atom is 0.226 e. The minimum absolute atomic E-state index is 0.688. The molecular formula is C24H27N2O2. The molecule has 0 aliphatic heterocycles. The standard InChI is InChI=1S/C24H27N2O2/c1-27-22-14-9-19(10-15-22)17-23-25-24(28-26-23)16-11-18-7-12-21(13-8-18)20-5-3-2-4-6-20/h3-6,9-10,14-15,18,21H,7-8,11-13,16-17H2,1H3. The van der Waals surface area contributed by atoms with E-state index in [2.05, 4.69) is 28.3 Å². The number of hydrogen-bond donors (Lipinski definition) is 0. The van der Waals surface area contributed by atoms with Crippen LogP contribution in [0, 0.1) is 12.0 Å². The van der Waals surface area contributed by atoms with Gasteiger partial charge in [-0.15, -0.1) is 0 Å². The number of benzene rings is 2. The third-order valence-corrected chi connectivity index (χ3v) is 5.86. The first-order chi connectivity index (χ1) is 13.8. The minimum Gasteiger partial charge on any atom is -0.497 e. The fourth-order valence-electron chi connectivity index (χ4n) is 4.17. The van der Waals surface area contributed by atoms with E-state index in [1.165, 1.54) is 31.2 Å². The summed E-state index contributed by atoms with van der Waals surface area (Å²) in [6, 6.07) is 19.6. The van der Waals surface area contributed by atoms with E-state index < -0.39 is 0 Å². The van der Waals surface area contributed by atoms with Crippen LogP contribution in [0.15, 0.2) is 53.1 Å². The lowest BCUT2D eigenvalue weighted by molar-refractivity contribution is 0.294. The number of methoxy groups -OCH3 is 1. The monoisotopic (exact) mass is 375 g/mol. The van der Waals surface area contributed by atoms with Crippen LogP contribution in [0.1, 0.15) is 60.9 Å². The van der Waals surface area contributed by atoms with Crippen LogP contribution in [-0.4, -0.2) is 17.3 Å².